The SMILES string of the molecule is [B]c1c(Cl)c([B])c2c3c(-c4ccccc4)cccc3n(-c3ccccc3)c2c1[B]. The molecule has 6 radical (unpaired) electrons. The first kappa shape index (κ1) is 18.2. The van der Waals surface area contributed by atoms with E-state index in [1.807, 2.05) is 54.6 Å². The van der Waals surface area contributed by atoms with Gasteiger partial charge in [-0.05, 0) is 29.3 Å². The molecule has 1 heterocycles. The lowest BCUT2D eigenvalue weighted by atomic mass is 9.74. The third kappa shape index (κ3) is 2.67. The number of nitrogens with zero attached hydrogens (tertiary/aromatic N) is 1. The number of fused-ring (bicyclic) bond motifs is 3. The molecule has 0 atom stereocenters. The Labute approximate surface area is 178 Å². The van der Waals surface area contributed by atoms with Crippen molar-refractivity contribution >= 4 is 73.3 Å². The molecule has 5 rings (SSSR count). The molecule has 1 aromatic heterocycles. The fourth-order valence-corrected chi connectivity index (χ4v) is 4.26. The zero-order valence-corrected chi connectivity index (χ0v) is 16.3. The van der Waals surface area contributed by atoms with Gasteiger partial charge in [-0.1, -0.05) is 88.7 Å². The minimum absolute atomic E-state index is 0.296. The van der Waals surface area contributed by atoms with Gasteiger partial charge in [0.05, 0.1) is 5.52 Å². The van der Waals surface area contributed by atoms with E-state index in [2.05, 4.69) is 28.8 Å². The highest BCUT2D eigenvalue weighted by Crippen LogP contribution is 2.37. The molecule has 0 aliphatic rings. The van der Waals surface area contributed by atoms with E-state index in [1.54, 1.807) is 0 Å². The minimum atomic E-state index is 0.296. The lowest BCUT2D eigenvalue weighted by Gasteiger charge is -2.14. The summed E-state index contributed by atoms with van der Waals surface area (Å²) >= 11 is 6.48. The molecule has 0 fully saturated rings. The molecule has 0 unspecified atom stereocenters. The Bertz CT molecular complexity index is 1380. The van der Waals surface area contributed by atoms with Crippen molar-refractivity contribution in [3.63, 3.8) is 0 Å². The third-order valence-corrected chi connectivity index (χ3v) is 5.79. The van der Waals surface area contributed by atoms with Gasteiger partial charge in [-0.15, -0.1) is 0 Å². The topological polar surface area (TPSA) is 4.93 Å². The highest BCUT2D eigenvalue weighted by molar-refractivity contribution is 6.64. The van der Waals surface area contributed by atoms with Gasteiger partial charge >= 0.3 is 0 Å². The van der Waals surface area contributed by atoms with E-state index in [0.29, 0.717) is 21.4 Å². The van der Waals surface area contributed by atoms with Gasteiger partial charge in [0.2, 0.25) is 0 Å². The molecule has 0 spiro atoms. The predicted octanol–water partition coefficient (Wildman–Crippen LogP) is 3.49. The lowest BCUT2D eigenvalue weighted by molar-refractivity contribution is 1.19. The van der Waals surface area contributed by atoms with Crippen LogP contribution in [0.15, 0.2) is 78.9 Å². The Kier molecular flexibility index (Phi) is 4.33. The van der Waals surface area contributed by atoms with Crippen molar-refractivity contribution in [3.05, 3.63) is 83.9 Å². The molecule has 5 heteroatoms. The van der Waals surface area contributed by atoms with E-state index in [0.717, 1.165) is 38.6 Å². The standard InChI is InChI=1S/C24H13B3ClN/c25-20-19-18-16(14-8-3-1-4-9-14)12-7-13-17(18)29(15-10-5-2-6-11-15)24(19)22(27)21(26)23(20)28/h1-13H. The van der Waals surface area contributed by atoms with Crippen LogP contribution in [0.3, 0.4) is 0 Å². The summed E-state index contributed by atoms with van der Waals surface area (Å²) in [6, 6.07) is 26.4. The van der Waals surface area contributed by atoms with Crippen LogP contribution in [0.2, 0.25) is 5.02 Å². The van der Waals surface area contributed by atoms with Gasteiger partial charge < -0.3 is 4.57 Å². The highest BCUT2D eigenvalue weighted by atomic mass is 35.5. The largest absolute Gasteiger partial charge is 0.310 e. The normalized spacial score (nSPS) is 11.3. The Hall–Kier alpha value is -2.84. The Morgan fingerprint density at radius 3 is 1.97 bits per heavy atom. The van der Waals surface area contributed by atoms with Crippen LogP contribution < -0.4 is 16.4 Å². The first-order valence-corrected chi connectivity index (χ1v) is 9.67. The fourth-order valence-electron chi connectivity index (χ4n) is 4.06. The van der Waals surface area contributed by atoms with Crippen molar-refractivity contribution in [1.29, 1.82) is 0 Å². The van der Waals surface area contributed by atoms with Gasteiger partial charge in [-0.2, -0.15) is 0 Å². The molecule has 0 bridgehead atoms. The smallest absolute Gasteiger partial charge is 0.116 e. The molecule has 0 N–H and O–H groups in total. The van der Waals surface area contributed by atoms with E-state index < -0.39 is 0 Å². The molecule has 4 aromatic carbocycles. The third-order valence-electron chi connectivity index (χ3n) is 5.38. The van der Waals surface area contributed by atoms with Crippen molar-refractivity contribution in [2.75, 3.05) is 0 Å². The van der Waals surface area contributed by atoms with Gasteiger partial charge in [0.1, 0.15) is 23.5 Å². The molecular formula is C24H13B3ClN. The summed E-state index contributed by atoms with van der Waals surface area (Å²) in [5.41, 5.74) is 6.07. The van der Waals surface area contributed by atoms with E-state index in [-0.39, 0.29) is 0 Å². The van der Waals surface area contributed by atoms with Crippen molar-refractivity contribution < 1.29 is 0 Å². The number of hydrogen-bond acceptors (Lipinski definition) is 0. The maximum atomic E-state index is 6.51. The Balaban J connectivity index is 2.08. The number of rotatable bonds is 2. The Morgan fingerprint density at radius 1 is 0.621 bits per heavy atom. The van der Waals surface area contributed by atoms with E-state index in [1.165, 1.54) is 0 Å². The molecule has 130 valence electrons. The van der Waals surface area contributed by atoms with Gasteiger partial charge in [-0.3, -0.25) is 0 Å². The summed E-state index contributed by atoms with van der Waals surface area (Å²) in [6.07, 6.45) is 0. The molecule has 5 aromatic rings. The van der Waals surface area contributed by atoms with Gasteiger partial charge in [0, 0.05) is 27.0 Å². The molecule has 0 amide bonds. The van der Waals surface area contributed by atoms with Crippen LogP contribution in [0.25, 0.3) is 38.6 Å². The summed E-state index contributed by atoms with van der Waals surface area (Å²) < 4.78 is 2.11. The van der Waals surface area contributed by atoms with E-state index in [4.69, 9.17) is 35.1 Å². The zero-order chi connectivity index (χ0) is 20.1. The molecule has 0 aliphatic heterocycles. The van der Waals surface area contributed by atoms with Crippen LogP contribution in [-0.2, 0) is 0 Å². The quantitative estimate of drug-likeness (QED) is 0.412. The number of benzene rings is 4. The van der Waals surface area contributed by atoms with Crippen LogP contribution in [0.5, 0.6) is 0 Å². The Morgan fingerprint density at radius 2 is 1.28 bits per heavy atom. The molecule has 1 nitrogen and oxygen atoms in total. The second-order valence-corrected chi connectivity index (χ2v) is 7.39. The summed E-state index contributed by atoms with van der Waals surface area (Å²) in [7, 11) is 19.2. The first-order chi connectivity index (χ1) is 14.1. The van der Waals surface area contributed by atoms with Gasteiger partial charge in [0.25, 0.3) is 0 Å². The van der Waals surface area contributed by atoms with Gasteiger partial charge in [-0.25, -0.2) is 0 Å². The summed E-state index contributed by atoms with van der Waals surface area (Å²) in [4.78, 5) is 0. The highest BCUT2D eigenvalue weighted by Gasteiger charge is 2.21. The van der Waals surface area contributed by atoms with Gasteiger partial charge in [0.15, 0.2) is 0 Å². The van der Waals surface area contributed by atoms with Crippen LogP contribution >= 0.6 is 11.6 Å². The van der Waals surface area contributed by atoms with Crippen LogP contribution in [0, 0.1) is 0 Å². The second-order valence-electron chi connectivity index (χ2n) is 7.02. The van der Waals surface area contributed by atoms with Crippen molar-refractivity contribution in [2.24, 2.45) is 0 Å². The lowest BCUT2D eigenvalue weighted by Crippen LogP contribution is -2.33. The maximum absolute atomic E-state index is 6.51. The number of halogens is 1. The molecular weight excluding hydrogens is 370 g/mol. The van der Waals surface area contributed by atoms with Crippen LogP contribution in [0.4, 0.5) is 0 Å². The van der Waals surface area contributed by atoms with Crippen LogP contribution in [0.1, 0.15) is 0 Å². The van der Waals surface area contributed by atoms with Crippen LogP contribution in [-0.4, -0.2) is 28.1 Å². The second kappa shape index (κ2) is 6.90. The van der Waals surface area contributed by atoms with Crippen molar-refractivity contribution in [2.45, 2.75) is 0 Å². The summed E-state index contributed by atoms with van der Waals surface area (Å²) in [5.74, 6) is 0. The first-order valence-electron chi connectivity index (χ1n) is 9.29. The van der Waals surface area contributed by atoms with E-state index >= 15 is 0 Å². The molecule has 0 saturated heterocycles. The van der Waals surface area contributed by atoms with E-state index in [9.17, 15) is 0 Å². The molecule has 0 saturated carbocycles. The monoisotopic (exact) mass is 383 g/mol. The maximum Gasteiger partial charge on any atom is 0.116 e. The summed E-state index contributed by atoms with van der Waals surface area (Å²) in [6.45, 7) is 0. The van der Waals surface area contributed by atoms with Crippen molar-refractivity contribution in [3.8, 4) is 16.8 Å². The number of hydrogen-bond donors (Lipinski definition) is 0. The zero-order valence-electron chi connectivity index (χ0n) is 15.6. The average Bonchev–Trinajstić information content (AvgIpc) is 3.13. The number of aromatic nitrogens is 1. The van der Waals surface area contributed by atoms with Crippen molar-refractivity contribution in [1.82, 2.24) is 4.57 Å². The average molecular weight is 383 g/mol. The molecule has 0 aliphatic carbocycles. The minimum Gasteiger partial charge on any atom is -0.310 e. The fraction of sp³-hybridized carbons (Fsp3) is 0. The summed E-state index contributed by atoms with van der Waals surface area (Å²) in [5, 5.41) is 2.12. The predicted molar refractivity (Wildman–Crippen MR) is 127 cm³/mol. The number of para-hydroxylation sites is 1. The molecule has 29 heavy (non-hydrogen) atoms.